The summed E-state index contributed by atoms with van der Waals surface area (Å²) in [6.45, 7) is 12.7. The first kappa shape index (κ1) is 18.9. The van der Waals surface area contributed by atoms with Crippen LogP contribution < -0.4 is 0 Å². The van der Waals surface area contributed by atoms with Gasteiger partial charge in [0.2, 0.25) is 0 Å². The van der Waals surface area contributed by atoms with Crippen molar-refractivity contribution in [3.05, 3.63) is 23.8 Å². The molecule has 2 nitrogen and oxygen atoms in total. The Morgan fingerprint density at radius 1 is 1.18 bits per heavy atom. The van der Waals surface area contributed by atoms with Crippen LogP contribution in [0.4, 0.5) is 0 Å². The Hall–Kier alpha value is -1.18. The molecule has 0 aromatic heterocycles. The zero-order valence-corrected chi connectivity index (χ0v) is 14.8. The van der Waals surface area contributed by atoms with Crippen molar-refractivity contribution in [2.75, 3.05) is 0 Å². The van der Waals surface area contributed by atoms with E-state index in [1.54, 1.807) is 6.92 Å². The molecule has 22 heavy (non-hydrogen) atoms. The second-order valence-electron chi connectivity index (χ2n) is 7.60. The van der Waals surface area contributed by atoms with Crippen LogP contribution >= 0.6 is 0 Å². The van der Waals surface area contributed by atoms with Crippen LogP contribution in [0.15, 0.2) is 23.8 Å². The number of aldehydes is 1. The van der Waals surface area contributed by atoms with E-state index in [2.05, 4.69) is 33.4 Å². The lowest BCUT2D eigenvalue weighted by Gasteiger charge is -2.53. The fraction of sp³-hybridized carbons (Fsp3) is 0.700. The van der Waals surface area contributed by atoms with Gasteiger partial charge in [-0.05, 0) is 63.2 Å². The van der Waals surface area contributed by atoms with E-state index in [4.69, 9.17) is 0 Å². The Morgan fingerprint density at radius 2 is 1.86 bits per heavy atom. The third-order valence-corrected chi connectivity index (χ3v) is 5.18. The average Bonchev–Trinajstić information content (AvgIpc) is 2.42. The standard InChI is InChI=1S/C20H32O2/c1-15(8-6-10-17(3)22)11-12-19-18(14-20(19,4)5)16(2)9-7-13-21/h8,13,18-19H,2,6-7,9-12,14H2,1,3-5H3/b15-8-/t18-,19-/m1/s1. The number of carbonyl (C=O) groups excluding carboxylic acids is 2. The Kier molecular flexibility index (Phi) is 7.25. The van der Waals surface area contributed by atoms with Gasteiger partial charge in [0.1, 0.15) is 12.1 Å². The van der Waals surface area contributed by atoms with Gasteiger partial charge in [0, 0.05) is 12.8 Å². The van der Waals surface area contributed by atoms with E-state index in [9.17, 15) is 9.59 Å². The SMILES string of the molecule is C=C(CCC=O)[C@H]1CC(C)(C)[C@@H]1CC/C(C)=C\CCC(C)=O. The molecule has 2 atom stereocenters. The minimum atomic E-state index is 0.260. The summed E-state index contributed by atoms with van der Waals surface area (Å²) in [5.74, 6) is 1.51. The Morgan fingerprint density at radius 3 is 2.41 bits per heavy atom. The van der Waals surface area contributed by atoms with Crippen LogP contribution in [0.5, 0.6) is 0 Å². The maximum atomic E-state index is 11.0. The minimum Gasteiger partial charge on any atom is -0.303 e. The smallest absolute Gasteiger partial charge is 0.130 e. The summed E-state index contributed by atoms with van der Waals surface area (Å²) in [5.41, 5.74) is 3.03. The van der Waals surface area contributed by atoms with Crippen molar-refractivity contribution in [1.29, 1.82) is 0 Å². The molecule has 0 unspecified atom stereocenters. The fourth-order valence-corrected chi connectivity index (χ4v) is 3.70. The van der Waals surface area contributed by atoms with Crippen LogP contribution in [0, 0.1) is 17.3 Å². The fourth-order valence-electron chi connectivity index (χ4n) is 3.70. The normalized spacial score (nSPS) is 23.7. The molecule has 0 aromatic carbocycles. The summed E-state index contributed by atoms with van der Waals surface area (Å²) >= 11 is 0. The van der Waals surface area contributed by atoms with Crippen LogP contribution in [0.25, 0.3) is 0 Å². The first-order valence-corrected chi connectivity index (χ1v) is 8.54. The molecule has 0 aliphatic heterocycles. The maximum Gasteiger partial charge on any atom is 0.130 e. The zero-order valence-electron chi connectivity index (χ0n) is 14.8. The highest BCUT2D eigenvalue weighted by Gasteiger charge is 2.47. The molecule has 1 aliphatic rings. The highest BCUT2D eigenvalue weighted by molar-refractivity contribution is 5.75. The van der Waals surface area contributed by atoms with Gasteiger partial charge in [0.05, 0.1) is 0 Å². The third-order valence-electron chi connectivity index (χ3n) is 5.18. The third kappa shape index (κ3) is 5.55. The molecular weight excluding hydrogens is 272 g/mol. The van der Waals surface area contributed by atoms with Gasteiger partial charge in [-0.15, -0.1) is 0 Å². The Bertz CT molecular complexity index is 443. The predicted molar refractivity (Wildman–Crippen MR) is 92.7 cm³/mol. The molecular formula is C20H32O2. The molecule has 0 spiro atoms. The van der Waals surface area contributed by atoms with E-state index < -0.39 is 0 Å². The number of hydrogen-bond donors (Lipinski definition) is 0. The first-order valence-electron chi connectivity index (χ1n) is 8.54. The van der Waals surface area contributed by atoms with Gasteiger partial charge < -0.3 is 9.59 Å². The predicted octanol–water partition coefficient (Wildman–Crippen LogP) is 5.28. The van der Waals surface area contributed by atoms with Crippen LogP contribution in [0.2, 0.25) is 0 Å². The second kappa shape index (κ2) is 8.45. The quantitative estimate of drug-likeness (QED) is 0.406. The summed E-state index contributed by atoms with van der Waals surface area (Å²) in [6.07, 6.45) is 9.64. The van der Waals surface area contributed by atoms with Crippen molar-refractivity contribution in [3.8, 4) is 0 Å². The lowest BCUT2D eigenvalue weighted by atomic mass is 9.52. The molecule has 1 fully saturated rings. The van der Waals surface area contributed by atoms with Crippen molar-refractivity contribution in [3.63, 3.8) is 0 Å². The summed E-state index contributed by atoms with van der Waals surface area (Å²) < 4.78 is 0. The van der Waals surface area contributed by atoms with Crippen molar-refractivity contribution in [2.24, 2.45) is 17.3 Å². The second-order valence-corrected chi connectivity index (χ2v) is 7.60. The van der Waals surface area contributed by atoms with E-state index in [0.29, 0.717) is 30.1 Å². The first-order chi connectivity index (χ1) is 10.3. The summed E-state index contributed by atoms with van der Waals surface area (Å²) in [7, 11) is 0. The van der Waals surface area contributed by atoms with E-state index in [0.717, 1.165) is 25.5 Å². The molecule has 0 amide bonds. The summed E-state index contributed by atoms with van der Waals surface area (Å²) in [4.78, 5) is 21.5. The monoisotopic (exact) mass is 304 g/mol. The number of allylic oxidation sites excluding steroid dienone is 3. The van der Waals surface area contributed by atoms with Crippen LogP contribution in [-0.4, -0.2) is 12.1 Å². The van der Waals surface area contributed by atoms with E-state index in [1.165, 1.54) is 24.0 Å². The Balaban J connectivity index is 2.48. The number of hydrogen-bond acceptors (Lipinski definition) is 2. The van der Waals surface area contributed by atoms with Gasteiger partial charge in [0.15, 0.2) is 0 Å². The summed E-state index contributed by atoms with van der Waals surface area (Å²) in [5, 5.41) is 0. The lowest BCUT2D eigenvalue weighted by Crippen LogP contribution is -2.44. The largest absolute Gasteiger partial charge is 0.303 e. The van der Waals surface area contributed by atoms with Gasteiger partial charge in [-0.2, -0.15) is 0 Å². The Labute approximate surface area is 136 Å². The van der Waals surface area contributed by atoms with Crippen LogP contribution in [0.1, 0.15) is 72.6 Å². The van der Waals surface area contributed by atoms with E-state index >= 15 is 0 Å². The molecule has 0 aromatic rings. The molecule has 2 heteroatoms. The number of Topliss-reactive ketones (excluding diaryl/α,β-unsaturated/α-hetero) is 1. The van der Waals surface area contributed by atoms with Gasteiger partial charge in [-0.1, -0.05) is 37.6 Å². The molecule has 0 heterocycles. The van der Waals surface area contributed by atoms with Gasteiger partial charge in [0.25, 0.3) is 0 Å². The highest BCUT2D eigenvalue weighted by atomic mass is 16.1. The van der Waals surface area contributed by atoms with Gasteiger partial charge >= 0.3 is 0 Å². The number of ketones is 1. The maximum absolute atomic E-state index is 11.0. The lowest BCUT2D eigenvalue weighted by molar-refractivity contribution is -0.117. The van der Waals surface area contributed by atoms with Crippen LogP contribution in [-0.2, 0) is 9.59 Å². The van der Waals surface area contributed by atoms with Crippen molar-refractivity contribution >= 4 is 12.1 Å². The van der Waals surface area contributed by atoms with Crippen molar-refractivity contribution < 1.29 is 9.59 Å². The number of rotatable bonds is 10. The molecule has 1 rings (SSSR count). The van der Waals surface area contributed by atoms with E-state index in [1.807, 2.05) is 0 Å². The molecule has 1 saturated carbocycles. The topological polar surface area (TPSA) is 34.1 Å². The molecule has 0 radical (unpaired) electrons. The molecule has 0 saturated heterocycles. The minimum absolute atomic E-state index is 0.260. The number of carbonyl (C=O) groups is 2. The average molecular weight is 304 g/mol. The van der Waals surface area contributed by atoms with Crippen LogP contribution in [0.3, 0.4) is 0 Å². The molecule has 124 valence electrons. The summed E-state index contributed by atoms with van der Waals surface area (Å²) in [6, 6.07) is 0. The van der Waals surface area contributed by atoms with E-state index in [-0.39, 0.29) is 5.78 Å². The molecule has 0 N–H and O–H groups in total. The van der Waals surface area contributed by atoms with Crippen molar-refractivity contribution in [1.82, 2.24) is 0 Å². The zero-order chi connectivity index (χ0) is 16.8. The van der Waals surface area contributed by atoms with Crippen molar-refractivity contribution in [2.45, 2.75) is 72.6 Å². The molecule has 0 bridgehead atoms. The highest BCUT2D eigenvalue weighted by Crippen LogP contribution is 2.56. The molecule has 1 aliphatic carbocycles. The van der Waals surface area contributed by atoms with Gasteiger partial charge in [-0.3, -0.25) is 0 Å². The van der Waals surface area contributed by atoms with Gasteiger partial charge in [-0.25, -0.2) is 0 Å².